The molecule has 0 aromatic carbocycles. The van der Waals surface area contributed by atoms with Crippen molar-refractivity contribution in [3.63, 3.8) is 0 Å². The summed E-state index contributed by atoms with van der Waals surface area (Å²) in [6, 6.07) is 0. The van der Waals surface area contributed by atoms with Gasteiger partial charge in [0.15, 0.2) is 0 Å². The molecule has 7 heteroatoms. The largest absolute Gasteiger partial charge is 0.481 e. The number of amides is 1. The minimum absolute atomic E-state index is 0.0466. The average molecular weight is 281 g/mol. The monoisotopic (exact) mass is 281 g/mol. The van der Waals surface area contributed by atoms with Crippen molar-refractivity contribution in [2.45, 2.75) is 12.8 Å². The van der Waals surface area contributed by atoms with Gasteiger partial charge in [0.25, 0.3) is 5.91 Å². The maximum atomic E-state index is 11.9. The van der Waals surface area contributed by atoms with Crippen LogP contribution < -0.4 is 5.32 Å². The zero-order valence-corrected chi connectivity index (χ0v) is 11.4. The number of imidazole rings is 1. The van der Waals surface area contributed by atoms with Gasteiger partial charge in [0, 0.05) is 33.0 Å². The van der Waals surface area contributed by atoms with Gasteiger partial charge in [-0.15, -0.1) is 0 Å². The van der Waals surface area contributed by atoms with Crippen molar-refractivity contribution in [2.75, 3.05) is 19.8 Å². The van der Waals surface area contributed by atoms with Crippen molar-refractivity contribution in [1.82, 2.24) is 14.9 Å². The van der Waals surface area contributed by atoms with E-state index < -0.39 is 11.9 Å². The molecule has 0 saturated carbocycles. The quantitative estimate of drug-likeness (QED) is 0.808. The van der Waals surface area contributed by atoms with Gasteiger partial charge in [0.05, 0.1) is 12.2 Å². The van der Waals surface area contributed by atoms with Gasteiger partial charge in [0.2, 0.25) is 0 Å². The Morgan fingerprint density at radius 2 is 2.25 bits per heavy atom. The lowest BCUT2D eigenvalue weighted by Gasteiger charge is -2.27. The number of carbonyl (C=O) groups is 2. The van der Waals surface area contributed by atoms with E-state index in [4.69, 9.17) is 4.74 Å². The number of nitrogens with one attached hydrogen (secondary N) is 1. The van der Waals surface area contributed by atoms with Crippen LogP contribution in [0.4, 0.5) is 0 Å². The highest BCUT2D eigenvalue weighted by Crippen LogP contribution is 2.23. The van der Waals surface area contributed by atoms with Crippen LogP contribution in [-0.2, 0) is 16.6 Å². The van der Waals surface area contributed by atoms with E-state index in [0.717, 1.165) is 12.8 Å². The molecule has 1 fully saturated rings. The molecule has 1 atom stereocenters. The normalized spacial score (nSPS) is 17.6. The van der Waals surface area contributed by atoms with Crippen LogP contribution in [0.3, 0.4) is 0 Å². The van der Waals surface area contributed by atoms with Crippen LogP contribution in [0.2, 0.25) is 0 Å². The molecule has 2 rings (SSSR count). The fraction of sp³-hybridized carbons (Fsp3) is 0.615. The van der Waals surface area contributed by atoms with Crippen LogP contribution in [-0.4, -0.2) is 46.3 Å². The summed E-state index contributed by atoms with van der Waals surface area (Å²) in [5, 5.41) is 12.0. The Balaban J connectivity index is 1.91. The third-order valence-corrected chi connectivity index (χ3v) is 3.57. The van der Waals surface area contributed by atoms with Crippen LogP contribution in [0, 0.1) is 11.8 Å². The molecule has 1 saturated heterocycles. The molecule has 1 unspecified atom stereocenters. The summed E-state index contributed by atoms with van der Waals surface area (Å²) in [4.78, 5) is 27.1. The number of aromatic nitrogens is 2. The summed E-state index contributed by atoms with van der Waals surface area (Å²) in [5.41, 5.74) is 0.295. The van der Waals surface area contributed by atoms with E-state index >= 15 is 0 Å². The number of hydrogen-bond acceptors (Lipinski definition) is 4. The molecule has 7 nitrogen and oxygen atoms in total. The number of nitrogens with zero attached hydrogens (tertiary/aromatic N) is 2. The first kappa shape index (κ1) is 14.5. The number of carbonyl (C=O) groups excluding carboxylic acids is 1. The number of rotatable bonds is 5. The van der Waals surface area contributed by atoms with E-state index in [2.05, 4.69) is 10.3 Å². The Kier molecular flexibility index (Phi) is 4.73. The number of carboxylic acids is 1. The average Bonchev–Trinajstić information content (AvgIpc) is 2.86. The summed E-state index contributed by atoms with van der Waals surface area (Å²) in [5.74, 6) is -1.75. The zero-order valence-electron chi connectivity index (χ0n) is 11.4. The fourth-order valence-corrected chi connectivity index (χ4v) is 2.40. The SMILES string of the molecule is Cn1cnc(C(=O)NCC(C(=O)O)C2CCOCC2)c1. The van der Waals surface area contributed by atoms with Gasteiger partial charge in [-0.05, 0) is 18.8 Å². The highest BCUT2D eigenvalue weighted by Gasteiger charge is 2.30. The number of ether oxygens (including phenoxy) is 1. The first-order valence-corrected chi connectivity index (χ1v) is 6.64. The Morgan fingerprint density at radius 1 is 1.55 bits per heavy atom. The van der Waals surface area contributed by atoms with Gasteiger partial charge < -0.3 is 19.7 Å². The molecule has 2 heterocycles. The molecular weight excluding hydrogens is 262 g/mol. The first-order valence-electron chi connectivity index (χ1n) is 6.64. The van der Waals surface area contributed by atoms with Gasteiger partial charge in [0.1, 0.15) is 5.69 Å². The van der Waals surface area contributed by atoms with Crippen molar-refractivity contribution in [3.8, 4) is 0 Å². The van der Waals surface area contributed by atoms with Gasteiger partial charge in [-0.3, -0.25) is 9.59 Å². The molecule has 20 heavy (non-hydrogen) atoms. The Bertz CT molecular complexity index is 480. The van der Waals surface area contributed by atoms with Crippen molar-refractivity contribution in [1.29, 1.82) is 0 Å². The maximum absolute atomic E-state index is 11.9. The van der Waals surface area contributed by atoms with Gasteiger partial charge in [-0.2, -0.15) is 0 Å². The predicted molar refractivity (Wildman–Crippen MR) is 70.2 cm³/mol. The molecule has 1 aliphatic heterocycles. The second-order valence-corrected chi connectivity index (χ2v) is 5.03. The highest BCUT2D eigenvalue weighted by atomic mass is 16.5. The van der Waals surface area contributed by atoms with Crippen LogP contribution in [0.5, 0.6) is 0 Å². The van der Waals surface area contributed by atoms with Crippen LogP contribution >= 0.6 is 0 Å². The minimum atomic E-state index is -0.877. The maximum Gasteiger partial charge on any atom is 0.308 e. The van der Waals surface area contributed by atoms with E-state index in [0.29, 0.717) is 18.9 Å². The summed E-state index contributed by atoms with van der Waals surface area (Å²) >= 11 is 0. The van der Waals surface area contributed by atoms with Gasteiger partial charge >= 0.3 is 5.97 Å². The van der Waals surface area contributed by atoms with Crippen LogP contribution in [0.1, 0.15) is 23.3 Å². The number of carboxylic acid groups (broad SMARTS) is 1. The van der Waals surface area contributed by atoms with E-state index in [1.807, 2.05) is 0 Å². The number of aliphatic carboxylic acids is 1. The van der Waals surface area contributed by atoms with E-state index in [1.165, 1.54) is 6.33 Å². The second-order valence-electron chi connectivity index (χ2n) is 5.03. The molecule has 0 aliphatic carbocycles. The van der Waals surface area contributed by atoms with Gasteiger partial charge in [-0.1, -0.05) is 0 Å². The van der Waals surface area contributed by atoms with Crippen molar-refractivity contribution >= 4 is 11.9 Å². The highest BCUT2D eigenvalue weighted by molar-refractivity contribution is 5.92. The molecule has 1 amide bonds. The van der Waals surface area contributed by atoms with Crippen LogP contribution in [0.15, 0.2) is 12.5 Å². The molecule has 0 spiro atoms. The predicted octanol–water partition coefficient (Wildman–Crippen LogP) is 0.277. The third-order valence-electron chi connectivity index (χ3n) is 3.57. The van der Waals surface area contributed by atoms with Gasteiger partial charge in [-0.25, -0.2) is 4.98 Å². The molecule has 110 valence electrons. The Hall–Kier alpha value is -1.89. The molecule has 0 bridgehead atoms. The molecular formula is C13H19N3O4. The third kappa shape index (κ3) is 3.57. The summed E-state index contributed by atoms with van der Waals surface area (Å²) < 4.78 is 6.90. The zero-order chi connectivity index (χ0) is 14.5. The smallest absolute Gasteiger partial charge is 0.308 e. The number of hydrogen-bond donors (Lipinski definition) is 2. The van der Waals surface area contributed by atoms with Crippen molar-refractivity contribution < 1.29 is 19.4 Å². The molecule has 0 radical (unpaired) electrons. The summed E-state index contributed by atoms with van der Waals surface area (Å²) in [7, 11) is 1.77. The van der Waals surface area contributed by atoms with Crippen LogP contribution in [0.25, 0.3) is 0 Å². The first-order chi connectivity index (χ1) is 9.58. The Morgan fingerprint density at radius 3 is 2.80 bits per heavy atom. The minimum Gasteiger partial charge on any atom is -0.481 e. The topological polar surface area (TPSA) is 93.5 Å². The molecule has 2 N–H and O–H groups in total. The van der Waals surface area contributed by atoms with E-state index in [1.54, 1.807) is 17.8 Å². The molecule has 1 aromatic rings. The Labute approximate surface area is 116 Å². The lowest BCUT2D eigenvalue weighted by atomic mass is 9.86. The standard InChI is InChI=1S/C13H19N3O4/c1-16-7-11(15-8-16)12(17)14-6-10(13(18)19)9-2-4-20-5-3-9/h7-10H,2-6H2,1H3,(H,14,17)(H,18,19). The summed E-state index contributed by atoms with van der Waals surface area (Å²) in [6.07, 6.45) is 4.56. The summed E-state index contributed by atoms with van der Waals surface area (Å²) in [6.45, 7) is 1.29. The van der Waals surface area contributed by atoms with Crippen molar-refractivity contribution in [2.24, 2.45) is 18.9 Å². The molecule has 1 aromatic heterocycles. The van der Waals surface area contributed by atoms with E-state index in [-0.39, 0.29) is 18.4 Å². The number of aryl methyl sites for hydroxylation is 1. The van der Waals surface area contributed by atoms with E-state index in [9.17, 15) is 14.7 Å². The second kappa shape index (κ2) is 6.51. The lowest BCUT2D eigenvalue weighted by Crippen LogP contribution is -2.39. The fourth-order valence-electron chi connectivity index (χ4n) is 2.40. The molecule has 1 aliphatic rings. The van der Waals surface area contributed by atoms with Crippen molar-refractivity contribution in [3.05, 3.63) is 18.2 Å². The lowest BCUT2D eigenvalue weighted by molar-refractivity contribution is -0.144.